The zero-order chi connectivity index (χ0) is 20.3. The Bertz CT molecular complexity index is 995. The number of aromatic nitrogens is 1. The first kappa shape index (κ1) is 20.9. The van der Waals surface area contributed by atoms with Crippen molar-refractivity contribution in [1.29, 1.82) is 0 Å². The minimum Gasteiger partial charge on any atom is -0.342 e. The van der Waals surface area contributed by atoms with Gasteiger partial charge in [0.1, 0.15) is 6.04 Å². The van der Waals surface area contributed by atoms with Crippen molar-refractivity contribution >= 4 is 52.3 Å². The molecule has 8 heteroatoms. The van der Waals surface area contributed by atoms with Gasteiger partial charge in [0, 0.05) is 11.2 Å². The molecule has 144 valence electrons. The SMILES string of the molecule is NC(C(=O)N[C@@H](c1ccc(Cl)c(Cl)c1)c1ccc(Cl)cn1)c1cccc(Cl)c1. The van der Waals surface area contributed by atoms with Crippen LogP contribution in [0.4, 0.5) is 0 Å². The maximum Gasteiger partial charge on any atom is 0.242 e. The van der Waals surface area contributed by atoms with Crippen LogP contribution in [0, 0.1) is 0 Å². The van der Waals surface area contributed by atoms with Crippen LogP contribution in [0.2, 0.25) is 20.1 Å². The monoisotopic (exact) mass is 453 g/mol. The van der Waals surface area contributed by atoms with Gasteiger partial charge in [0.05, 0.1) is 26.8 Å². The highest BCUT2D eigenvalue weighted by Gasteiger charge is 2.23. The number of hydrogen-bond acceptors (Lipinski definition) is 3. The summed E-state index contributed by atoms with van der Waals surface area (Å²) in [5.41, 5.74) is 8.01. The third kappa shape index (κ3) is 4.96. The van der Waals surface area contributed by atoms with Crippen LogP contribution in [-0.4, -0.2) is 10.9 Å². The van der Waals surface area contributed by atoms with Gasteiger partial charge in [-0.2, -0.15) is 0 Å². The molecule has 0 spiro atoms. The van der Waals surface area contributed by atoms with E-state index in [0.29, 0.717) is 36.9 Å². The Morgan fingerprint density at radius 2 is 1.68 bits per heavy atom. The number of rotatable bonds is 5. The summed E-state index contributed by atoms with van der Waals surface area (Å²) in [5, 5.41) is 4.68. The molecule has 3 rings (SSSR count). The molecule has 1 amide bonds. The Hall–Kier alpha value is -1.82. The average molecular weight is 455 g/mol. The number of pyridine rings is 1. The summed E-state index contributed by atoms with van der Waals surface area (Å²) in [6.45, 7) is 0. The lowest BCUT2D eigenvalue weighted by atomic mass is 10.0. The van der Waals surface area contributed by atoms with E-state index in [2.05, 4.69) is 10.3 Å². The Morgan fingerprint density at radius 1 is 0.893 bits per heavy atom. The summed E-state index contributed by atoms with van der Waals surface area (Å²) in [6.07, 6.45) is 1.50. The summed E-state index contributed by atoms with van der Waals surface area (Å²) >= 11 is 24.1. The Morgan fingerprint density at radius 3 is 2.32 bits per heavy atom. The molecule has 0 saturated carbocycles. The molecular formula is C20H15Cl4N3O. The standard InChI is InChI=1S/C20H15Cl4N3O/c21-13-3-1-2-11(8-13)18(25)20(28)27-19(17-7-5-14(22)10-26-17)12-4-6-15(23)16(24)9-12/h1-10,18-19H,25H2,(H,27,28)/t18?,19-/m0/s1. The maximum absolute atomic E-state index is 12.8. The lowest BCUT2D eigenvalue weighted by Gasteiger charge is -2.22. The van der Waals surface area contributed by atoms with Crippen LogP contribution in [-0.2, 0) is 4.79 Å². The number of amides is 1. The van der Waals surface area contributed by atoms with Crippen molar-refractivity contribution in [3.8, 4) is 0 Å². The van der Waals surface area contributed by atoms with Crippen LogP contribution in [0.5, 0.6) is 0 Å². The first-order valence-corrected chi connectivity index (χ1v) is 9.74. The number of nitrogens with one attached hydrogen (secondary N) is 1. The minimum atomic E-state index is -0.906. The fraction of sp³-hybridized carbons (Fsp3) is 0.100. The van der Waals surface area contributed by atoms with E-state index >= 15 is 0 Å². The lowest BCUT2D eigenvalue weighted by Crippen LogP contribution is -2.37. The minimum absolute atomic E-state index is 0.367. The van der Waals surface area contributed by atoms with Gasteiger partial charge in [-0.1, -0.05) is 64.6 Å². The van der Waals surface area contributed by atoms with Gasteiger partial charge in [-0.25, -0.2) is 0 Å². The van der Waals surface area contributed by atoms with Gasteiger partial charge < -0.3 is 11.1 Å². The number of benzene rings is 2. The zero-order valence-electron chi connectivity index (χ0n) is 14.4. The third-order valence-electron chi connectivity index (χ3n) is 4.10. The highest BCUT2D eigenvalue weighted by molar-refractivity contribution is 6.42. The predicted molar refractivity (Wildman–Crippen MR) is 114 cm³/mol. The van der Waals surface area contributed by atoms with E-state index < -0.39 is 18.0 Å². The van der Waals surface area contributed by atoms with Crippen molar-refractivity contribution in [1.82, 2.24) is 10.3 Å². The predicted octanol–water partition coefficient (Wildman–Crippen LogP) is 5.60. The smallest absolute Gasteiger partial charge is 0.242 e. The number of hydrogen-bond donors (Lipinski definition) is 2. The Labute approximate surface area is 182 Å². The number of carbonyl (C=O) groups is 1. The maximum atomic E-state index is 12.8. The van der Waals surface area contributed by atoms with Crippen LogP contribution in [0.25, 0.3) is 0 Å². The van der Waals surface area contributed by atoms with E-state index in [4.69, 9.17) is 52.1 Å². The van der Waals surface area contributed by atoms with Crippen LogP contribution >= 0.6 is 46.4 Å². The topological polar surface area (TPSA) is 68.0 Å². The van der Waals surface area contributed by atoms with E-state index in [0.717, 1.165) is 0 Å². The fourth-order valence-electron chi connectivity index (χ4n) is 2.66. The van der Waals surface area contributed by atoms with Gasteiger partial charge in [0.15, 0.2) is 0 Å². The molecule has 0 aliphatic rings. The van der Waals surface area contributed by atoms with Crippen LogP contribution in [0.3, 0.4) is 0 Å². The summed E-state index contributed by atoms with van der Waals surface area (Å²) in [4.78, 5) is 17.2. The fourth-order valence-corrected chi connectivity index (χ4v) is 3.28. The van der Waals surface area contributed by atoms with Crippen molar-refractivity contribution in [3.63, 3.8) is 0 Å². The second kappa shape index (κ2) is 9.12. The molecule has 0 saturated heterocycles. The highest BCUT2D eigenvalue weighted by atomic mass is 35.5. The molecule has 0 aliphatic carbocycles. The van der Waals surface area contributed by atoms with Gasteiger partial charge in [-0.3, -0.25) is 9.78 Å². The molecule has 3 aromatic rings. The van der Waals surface area contributed by atoms with Crippen molar-refractivity contribution in [2.24, 2.45) is 5.73 Å². The molecule has 1 unspecified atom stereocenters. The second-order valence-electron chi connectivity index (χ2n) is 6.05. The quantitative estimate of drug-likeness (QED) is 0.527. The van der Waals surface area contributed by atoms with Crippen molar-refractivity contribution in [2.75, 3.05) is 0 Å². The highest BCUT2D eigenvalue weighted by Crippen LogP contribution is 2.29. The van der Waals surface area contributed by atoms with E-state index in [-0.39, 0.29) is 0 Å². The van der Waals surface area contributed by atoms with Crippen LogP contribution < -0.4 is 11.1 Å². The molecule has 4 nitrogen and oxygen atoms in total. The summed E-state index contributed by atoms with van der Waals surface area (Å²) in [7, 11) is 0. The second-order valence-corrected chi connectivity index (χ2v) is 7.74. The molecule has 1 heterocycles. The zero-order valence-corrected chi connectivity index (χ0v) is 17.4. The van der Waals surface area contributed by atoms with Crippen LogP contribution in [0.15, 0.2) is 60.8 Å². The Balaban J connectivity index is 1.93. The van der Waals surface area contributed by atoms with Crippen molar-refractivity contribution in [3.05, 3.63) is 97.7 Å². The lowest BCUT2D eigenvalue weighted by molar-refractivity contribution is -0.123. The normalized spacial score (nSPS) is 13.0. The molecule has 0 fully saturated rings. The average Bonchev–Trinajstić information content (AvgIpc) is 2.68. The summed E-state index contributed by atoms with van der Waals surface area (Å²) in [5.74, 6) is -0.393. The first-order chi connectivity index (χ1) is 13.3. The summed E-state index contributed by atoms with van der Waals surface area (Å²) in [6, 6.07) is 13.9. The molecule has 28 heavy (non-hydrogen) atoms. The van der Waals surface area contributed by atoms with Gasteiger partial charge in [-0.15, -0.1) is 0 Å². The molecule has 0 aliphatic heterocycles. The molecule has 3 N–H and O–H groups in total. The van der Waals surface area contributed by atoms with Gasteiger partial charge in [0.25, 0.3) is 0 Å². The molecule has 1 aromatic heterocycles. The number of carbonyl (C=O) groups excluding carboxylic acids is 1. The van der Waals surface area contributed by atoms with Crippen molar-refractivity contribution in [2.45, 2.75) is 12.1 Å². The summed E-state index contributed by atoms with van der Waals surface area (Å²) < 4.78 is 0. The van der Waals surface area contributed by atoms with Gasteiger partial charge in [-0.05, 0) is 47.5 Å². The number of nitrogens with zero attached hydrogens (tertiary/aromatic N) is 1. The molecular weight excluding hydrogens is 440 g/mol. The van der Waals surface area contributed by atoms with E-state index in [1.165, 1.54) is 6.20 Å². The number of halogens is 4. The molecule has 2 aromatic carbocycles. The van der Waals surface area contributed by atoms with E-state index in [1.807, 2.05) is 0 Å². The van der Waals surface area contributed by atoms with Gasteiger partial charge in [0.2, 0.25) is 5.91 Å². The van der Waals surface area contributed by atoms with Gasteiger partial charge >= 0.3 is 0 Å². The van der Waals surface area contributed by atoms with E-state index in [9.17, 15) is 4.79 Å². The molecule has 0 radical (unpaired) electrons. The third-order valence-corrected chi connectivity index (χ3v) is 5.30. The largest absolute Gasteiger partial charge is 0.342 e. The molecule has 2 atom stereocenters. The van der Waals surface area contributed by atoms with Crippen molar-refractivity contribution < 1.29 is 4.79 Å². The number of nitrogens with two attached hydrogens (primary N) is 1. The molecule has 0 bridgehead atoms. The first-order valence-electron chi connectivity index (χ1n) is 8.23. The van der Waals surface area contributed by atoms with E-state index in [1.54, 1.807) is 54.6 Å². The van der Waals surface area contributed by atoms with Crippen LogP contribution in [0.1, 0.15) is 28.9 Å². The Kier molecular flexibility index (Phi) is 6.81.